The molecule has 0 saturated carbocycles. The van der Waals surface area contributed by atoms with Crippen molar-refractivity contribution < 1.29 is 13.5 Å². The minimum atomic E-state index is -0.878. The van der Waals surface area contributed by atoms with Gasteiger partial charge in [0, 0.05) is 10.6 Å². The van der Waals surface area contributed by atoms with Gasteiger partial charge in [0.05, 0.1) is 13.2 Å². The Hall–Kier alpha value is -1.65. The van der Waals surface area contributed by atoms with Crippen molar-refractivity contribution in [1.29, 1.82) is 0 Å². The predicted molar refractivity (Wildman–Crippen MR) is 79.9 cm³/mol. The van der Waals surface area contributed by atoms with Crippen LogP contribution in [0.25, 0.3) is 0 Å². The summed E-state index contributed by atoms with van der Waals surface area (Å²) < 4.78 is 32.0. The van der Waals surface area contributed by atoms with Crippen molar-refractivity contribution in [3.05, 3.63) is 64.2 Å². The zero-order valence-electron chi connectivity index (χ0n) is 11.8. The van der Waals surface area contributed by atoms with E-state index in [2.05, 4.69) is 5.32 Å². The van der Waals surface area contributed by atoms with Crippen molar-refractivity contribution in [3.8, 4) is 5.75 Å². The zero-order chi connectivity index (χ0) is 15.4. The first-order valence-corrected chi connectivity index (χ1v) is 6.96. The quantitative estimate of drug-likeness (QED) is 0.887. The Kier molecular flexibility index (Phi) is 5.15. The van der Waals surface area contributed by atoms with Crippen LogP contribution < -0.4 is 10.1 Å². The van der Waals surface area contributed by atoms with Crippen molar-refractivity contribution in [2.75, 3.05) is 13.7 Å². The summed E-state index contributed by atoms with van der Waals surface area (Å²) >= 11 is 6.04. The van der Waals surface area contributed by atoms with E-state index in [1.807, 2.05) is 6.92 Å². The van der Waals surface area contributed by atoms with Gasteiger partial charge in [0.2, 0.25) is 0 Å². The normalized spacial score (nSPS) is 12.2. The molecule has 1 unspecified atom stereocenters. The smallest absolute Gasteiger partial charge is 0.159 e. The number of methoxy groups -OCH3 is 1. The molecule has 0 aliphatic carbocycles. The number of nitrogens with one attached hydrogen (secondary N) is 1. The van der Waals surface area contributed by atoms with E-state index in [0.29, 0.717) is 22.9 Å². The maximum absolute atomic E-state index is 13.5. The highest BCUT2D eigenvalue weighted by atomic mass is 35.5. The maximum Gasteiger partial charge on any atom is 0.159 e. The standard InChI is InChI=1S/C16H16ClF2NO/c1-3-20-16(10-4-6-13(18)14(19)8-10)12-9-11(17)5-7-15(12)21-2/h4-9,16,20H,3H2,1-2H3. The van der Waals surface area contributed by atoms with Crippen molar-refractivity contribution in [1.82, 2.24) is 5.32 Å². The Morgan fingerprint density at radius 1 is 1.14 bits per heavy atom. The van der Waals surface area contributed by atoms with Gasteiger partial charge in [-0.25, -0.2) is 8.78 Å². The fraction of sp³-hybridized carbons (Fsp3) is 0.250. The van der Waals surface area contributed by atoms with Crippen LogP contribution >= 0.6 is 11.6 Å². The highest BCUT2D eigenvalue weighted by Gasteiger charge is 2.19. The Balaban J connectivity index is 2.52. The molecule has 0 saturated heterocycles. The maximum atomic E-state index is 13.5. The lowest BCUT2D eigenvalue weighted by Crippen LogP contribution is -2.22. The molecule has 1 atom stereocenters. The molecular formula is C16H16ClF2NO. The molecule has 0 bridgehead atoms. The van der Waals surface area contributed by atoms with Gasteiger partial charge >= 0.3 is 0 Å². The van der Waals surface area contributed by atoms with Gasteiger partial charge in [-0.15, -0.1) is 0 Å². The third-order valence-corrected chi connectivity index (χ3v) is 3.42. The van der Waals surface area contributed by atoms with Gasteiger partial charge in [-0.1, -0.05) is 24.6 Å². The number of benzene rings is 2. The van der Waals surface area contributed by atoms with Crippen LogP contribution in [0.4, 0.5) is 8.78 Å². The first-order valence-electron chi connectivity index (χ1n) is 6.58. The molecular weight excluding hydrogens is 296 g/mol. The minimum absolute atomic E-state index is 0.334. The van der Waals surface area contributed by atoms with E-state index in [0.717, 1.165) is 11.6 Å². The number of halogens is 3. The number of rotatable bonds is 5. The van der Waals surface area contributed by atoms with E-state index in [-0.39, 0.29) is 6.04 Å². The van der Waals surface area contributed by atoms with Gasteiger partial charge < -0.3 is 10.1 Å². The molecule has 5 heteroatoms. The summed E-state index contributed by atoms with van der Waals surface area (Å²) in [5.74, 6) is -1.11. The second-order valence-electron chi connectivity index (χ2n) is 4.55. The first kappa shape index (κ1) is 15.7. The fourth-order valence-electron chi connectivity index (χ4n) is 2.23. The van der Waals surface area contributed by atoms with Gasteiger partial charge in [-0.05, 0) is 42.4 Å². The third kappa shape index (κ3) is 3.52. The summed E-state index contributed by atoms with van der Waals surface area (Å²) in [4.78, 5) is 0. The van der Waals surface area contributed by atoms with Crippen molar-refractivity contribution in [3.63, 3.8) is 0 Å². The third-order valence-electron chi connectivity index (χ3n) is 3.19. The molecule has 2 rings (SSSR count). The van der Waals surface area contributed by atoms with E-state index in [1.165, 1.54) is 6.07 Å². The second-order valence-corrected chi connectivity index (χ2v) is 4.99. The molecule has 2 aromatic rings. The molecule has 0 heterocycles. The molecule has 2 nitrogen and oxygen atoms in total. The van der Waals surface area contributed by atoms with Crippen LogP contribution in [0, 0.1) is 11.6 Å². The largest absolute Gasteiger partial charge is 0.496 e. The van der Waals surface area contributed by atoms with Crippen LogP contribution in [0.3, 0.4) is 0 Å². The molecule has 1 N–H and O–H groups in total. The van der Waals surface area contributed by atoms with Crippen LogP contribution in [0.5, 0.6) is 5.75 Å². The van der Waals surface area contributed by atoms with E-state index in [9.17, 15) is 8.78 Å². The topological polar surface area (TPSA) is 21.3 Å². The summed E-state index contributed by atoms with van der Waals surface area (Å²) in [5, 5.41) is 3.79. The molecule has 0 aliphatic rings. The van der Waals surface area contributed by atoms with Crippen LogP contribution in [0.2, 0.25) is 5.02 Å². The van der Waals surface area contributed by atoms with Crippen molar-refractivity contribution in [2.45, 2.75) is 13.0 Å². The number of hydrogen-bond donors (Lipinski definition) is 1. The predicted octanol–water partition coefficient (Wildman–Crippen LogP) is 4.33. The molecule has 0 radical (unpaired) electrons. The summed E-state index contributed by atoms with van der Waals surface area (Å²) in [6, 6.07) is 8.74. The van der Waals surface area contributed by atoms with Gasteiger partial charge in [-0.2, -0.15) is 0 Å². The first-order chi connectivity index (χ1) is 10.1. The Morgan fingerprint density at radius 2 is 1.90 bits per heavy atom. The van der Waals surface area contributed by atoms with Crippen LogP contribution in [0.1, 0.15) is 24.1 Å². The molecule has 21 heavy (non-hydrogen) atoms. The molecule has 0 aliphatic heterocycles. The highest BCUT2D eigenvalue weighted by molar-refractivity contribution is 6.30. The molecule has 0 amide bonds. The average Bonchev–Trinajstić information content (AvgIpc) is 2.48. The molecule has 112 valence electrons. The molecule has 0 fully saturated rings. The van der Waals surface area contributed by atoms with Crippen LogP contribution in [-0.2, 0) is 0 Å². The van der Waals surface area contributed by atoms with Crippen LogP contribution in [-0.4, -0.2) is 13.7 Å². The zero-order valence-corrected chi connectivity index (χ0v) is 12.5. The van der Waals surface area contributed by atoms with E-state index < -0.39 is 11.6 Å². The van der Waals surface area contributed by atoms with Gasteiger partial charge in [0.1, 0.15) is 5.75 Å². The lowest BCUT2D eigenvalue weighted by atomic mass is 9.97. The van der Waals surface area contributed by atoms with E-state index >= 15 is 0 Å². The molecule has 0 aromatic heterocycles. The molecule has 0 spiro atoms. The van der Waals surface area contributed by atoms with Crippen LogP contribution in [0.15, 0.2) is 36.4 Å². The Bertz CT molecular complexity index is 634. The number of ether oxygens (including phenoxy) is 1. The highest BCUT2D eigenvalue weighted by Crippen LogP contribution is 2.32. The van der Waals surface area contributed by atoms with Crippen molar-refractivity contribution >= 4 is 11.6 Å². The van der Waals surface area contributed by atoms with Gasteiger partial charge in [0.15, 0.2) is 11.6 Å². The summed E-state index contributed by atoms with van der Waals surface area (Å²) in [7, 11) is 1.56. The summed E-state index contributed by atoms with van der Waals surface area (Å²) in [5.41, 5.74) is 1.38. The fourth-order valence-corrected chi connectivity index (χ4v) is 2.41. The van der Waals surface area contributed by atoms with Gasteiger partial charge in [0.25, 0.3) is 0 Å². The van der Waals surface area contributed by atoms with Gasteiger partial charge in [-0.3, -0.25) is 0 Å². The van der Waals surface area contributed by atoms with E-state index in [4.69, 9.17) is 16.3 Å². The lowest BCUT2D eigenvalue weighted by molar-refractivity contribution is 0.404. The lowest BCUT2D eigenvalue weighted by Gasteiger charge is -2.21. The monoisotopic (exact) mass is 311 g/mol. The second kappa shape index (κ2) is 6.87. The minimum Gasteiger partial charge on any atom is -0.496 e. The average molecular weight is 312 g/mol. The SMILES string of the molecule is CCNC(c1ccc(F)c(F)c1)c1cc(Cl)ccc1OC. The Morgan fingerprint density at radius 3 is 2.52 bits per heavy atom. The van der Waals surface area contributed by atoms with Crippen molar-refractivity contribution in [2.24, 2.45) is 0 Å². The summed E-state index contributed by atoms with van der Waals surface area (Å²) in [6.07, 6.45) is 0. The molecule has 2 aromatic carbocycles. The Labute approximate surface area is 127 Å². The summed E-state index contributed by atoms with van der Waals surface area (Å²) in [6.45, 7) is 2.59. The number of hydrogen-bond acceptors (Lipinski definition) is 2. The van der Waals surface area contributed by atoms with E-state index in [1.54, 1.807) is 31.4 Å².